The van der Waals surface area contributed by atoms with E-state index in [4.69, 9.17) is 4.74 Å². The molecule has 144 valence electrons. The van der Waals surface area contributed by atoms with Gasteiger partial charge in [0, 0.05) is 13.1 Å². The van der Waals surface area contributed by atoms with E-state index in [1.165, 1.54) is 16.7 Å². The maximum atomic E-state index is 6.00. The van der Waals surface area contributed by atoms with Crippen molar-refractivity contribution in [2.75, 3.05) is 13.6 Å². The number of aryl methyl sites for hydroxylation is 1. The first kappa shape index (κ1) is 21.0. The zero-order valence-electron chi connectivity index (χ0n) is 17.4. The quantitative estimate of drug-likeness (QED) is 0.520. The van der Waals surface area contributed by atoms with E-state index >= 15 is 0 Å². The number of hydrogen-bond donors (Lipinski definition) is 0. The molecule has 0 aliphatic carbocycles. The molecule has 0 aromatic heterocycles. The Bertz CT molecular complexity index is 768. The van der Waals surface area contributed by atoms with Gasteiger partial charge >= 0.3 is 0 Å². The molecule has 0 saturated carbocycles. The van der Waals surface area contributed by atoms with Crippen LogP contribution in [0.1, 0.15) is 37.5 Å². The van der Waals surface area contributed by atoms with Gasteiger partial charge in [-0.2, -0.15) is 0 Å². The predicted octanol–water partition coefficient (Wildman–Crippen LogP) is 6.16. The highest BCUT2D eigenvalue weighted by atomic mass is 16.5. The molecule has 2 aromatic carbocycles. The van der Waals surface area contributed by atoms with E-state index in [0.29, 0.717) is 6.61 Å². The number of nitrogens with zero attached hydrogens (tertiary/aromatic N) is 1. The Morgan fingerprint density at radius 2 is 1.78 bits per heavy atom. The van der Waals surface area contributed by atoms with Crippen molar-refractivity contribution in [3.63, 3.8) is 0 Å². The van der Waals surface area contributed by atoms with Crippen molar-refractivity contribution in [1.82, 2.24) is 4.90 Å². The standard InChI is InChI=1S/C25H33NO/c1-21-12-7-8-14-23(21)20-27-24-15-11-13-22(18-24)19-26(5)17-10-6-9-16-25(2,3)4/h6-16,18H,17,19-20H2,1-5H3/b10-6+,16-9+. The minimum Gasteiger partial charge on any atom is -0.489 e. The lowest BCUT2D eigenvalue weighted by molar-refractivity contribution is 0.304. The van der Waals surface area contributed by atoms with Gasteiger partial charge in [-0.1, -0.05) is 81.5 Å². The molecule has 0 N–H and O–H groups in total. The smallest absolute Gasteiger partial charge is 0.120 e. The molecule has 0 bridgehead atoms. The molecular formula is C25H33NO. The van der Waals surface area contributed by atoms with E-state index in [-0.39, 0.29) is 5.41 Å². The summed E-state index contributed by atoms with van der Waals surface area (Å²) >= 11 is 0. The zero-order valence-corrected chi connectivity index (χ0v) is 17.4. The molecule has 2 aromatic rings. The third kappa shape index (κ3) is 8.27. The van der Waals surface area contributed by atoms with Crippen molar-refractivity contribution in [1.29, 1.82) is 0 Å². The highest BCUT2D eigenvalue weighted by Gasteiger charge is 2.03. The number of benzene rings is 2. The second kappa shape index (κ2) is 10.1. The first-order chi connectivity index (χ1) is 12.8. The van der Waals surface area contributed by atoms with E-state index in [2.05, 4.69) is 106 Å². The van der Waals surface area contributed by atoms with Crippen LogP contribution in [0.25, 0.3) is 0 Å². The van der Waals surface area contributed by atoms with Crippen LogP contribution >= 0.6 is 0 Å². The molecule has 0 spiro atoms. The van der Waals surface area contributed by atoms with Gasteiger partial charge in [0.1, 0.15) is 12.4 Å². The monoisotopic (exact) mass is 363 g/mol. The summed E-state index contributed by atoms with van der Waals surface area (Å²) in [5.41, 5.74) is 3.99. The third-order valence-electron chi connectivity index (χ3n) is 4.27. The SMILES string of the molecule is Cc1ccccc1COc1cccc(CN(C)C/C=C/C=C/C(C)(C)C)c1. The normalized spacial score (nSPS) is 12.4. The summed E-state index contributed by atoms with van der Waals surface area (Å²) in [4.78, 5) is 2.29. The summed E-state index contributed by atoms with van der Waals surface area (Å²) in [6, 6.07) is 16.7. The van der Waals surface area contributed by atoms with Crippen LogP contribution in [0.5, 0.6) is 5.75 Å². The minimum absolute atomic E-state index is 0.231. The summed E-state index contributed by atoms with van der Waals surface area (Å²) < 4.78 is 6.00. The molecule has 0 fully saturated rings. The Morgan fingerprint density at radius 1 is 1.00 bits per heavy atom. The van der Waals surface area contributed by atoms with Gasteiger partial charge in [-0.15, -0.1) is 0 Å². The van der Waals surface area contributed by atoms with E-state index in [0.717, 1.165) is 18.8 Å². The Kier molecular flexibility index (Phi) is 7.87. The molecule has 0 saturated heterocycles. The van der Waals surface area contributed by atoms with Gasteiger partial charge in [0.15, 0.2) is 0 Å². The van der Waals surface area contributed by atoms with E-state index < -0.39 is 0 Å². The number of rotatable bonds is 8. The molecule has 2 rings (SSSR count). The van der Waals surface area contributed by atoms with Gasteiger partial charge in [0.05, 0.1) is 0 Å². The number of allylic oxidation sites excluding steroid dienone is 3. The predicted molar refractivity (Wildman–Crippen MR) is 116 cm³/mol. The summed E-state index contributed by atoms with van der Waals surface area (Å²) in [5.74, 6) is 0.924. The lowest BCUT2D eigenvalue weighted by Crippen LogP contribution is -2.17. The molecule has 2 heteroatoms. The first-order valence-corrected chi connectivity index (χ1v) is 9.63. The van der Waals surface area contributed by atoms with Gasteiger partial charge in [-0.05, 0) is 48.2 Å². The topological polar surface area (TPSA) is 12.5 Å². The summed E-state index contributed by atoms with van der Waals surface area (Å²) in [5, 5.41) is 0. The largest absolute Gasteiger partial charge is 0.489 e. The number of ether oxygens (including phenoxy) is 1. The molecule has 0 heterocycles. The Balaban J connectivity index is 1.85. The van der Waals surface area contributed by atoms with Crippen molar-refractivity contribution in [3.05, 3.63) is 89.5 Å². The summed E-state index contributed by atoms with van der Waals surface area (Å²) in [7, 11) is 2.14. The van der Waals surface area contributed by atoms with Gasteiger partial charge < -0.3 is 4.74 Å². The molecule has 0 radical (unpaired) electrons. The van der Waals surface area contributed by atoms with Crippen LogP contribution in [-0.2, 0) is 13.2 Å². The molecular weight excluding hydrogens is 330 g/mol. The van der Waals surface area contributed by atoms with Crippen molar-refractivity contribution < 1.29 is 4.74 Å². The van der Waals surface area contributed by atoms with Crippen LogP contribution in [0.15, 0.2) is 72.8 Å². The van der Waals surface area contributed by atoms with Crippen molar-refractivity contribution >= 4 is 0 Å². The fourth-order valence-corrected chi connectivity index (χ4v) is 2.71. The lowest BCUT2D eigenvalue weighted by Gasteiger charge is -2.15. The van der Waals surface area contributed by atoms with Crippen LogP contribution < -0.4 is 4.74 Å². The number of likely N-dealkylation sites (N-methyl/N-ethyl adjacent to an activating group) is 1. The van der Waals surface area contributed by atoms with Crippen LogP contribution in [-0.4, -0.2) is 18.5 Å². The molecule has 0 aliphatic rings. The Morgan fingerprint density at radius 3 is 2.52 bits per heavy atom. The van der Waals surface area contributed by atoms with Gasteiger partial charge in [-0.25, -0.2) is 0 Å². The zero-order chi connectivity index (χ0) is 19.7. The third-order valence-corrected chi connectivity index (χ3v) is 4.27. The van der Waals surface area contributed by atoms with Gasteiger partial charge in [-0.3, -0.25) is 4.90 Å². The molecule has 0 amide bonds. The molecule has 0 aliphatic heterocycles. The number of hydrogen-bond acceptors (Lipinski definition) is 2. The maximum absolute atomic E-state index is 6.00. The Hall–Kier alpha value is -2.32. The minimum atomic E-state index is 0.231. The lowest BCUT2D eigenvalue weighted by atomic mass is 9.96. The fourth-order valence-electron chi connectivity index (χ4n) is 2.71. The summed E-state index contributed by atoms with van der Waals surface area (Å²) in [6.45, 7) is 11.2. The molecule has 0 unspecified atom stereocenters. The average Bonchev–Trinajstić information content (AvgIpc) is 2.60. The highest BCUT2D eigenvalue weighted by Crippen LogP contribution is 2.18. The molecule has 0 atom stereocenters. The highest BCUT2D eigenvalue weighted by molar-refractivity contribution is 5.30. The van der Waals surface area contributed by atoms with Crippen LogP contribution in [0.4, 0.5) is 0 Å². The maximum Gasteiger partial charge on any atom is 0.120 e. The van der Waals surface area contributed by atoms with E-state index in [9.17, 15) is 0 Å². The van der Waals surface area contributed by atoms with E-state index in [1.807, 2.05) is 6.07 Å². The van der Waals surface area contributed by atoms with Crippen molar-refractivity contribution in [3.8, 4) is 5.75 Å². The van der Waals surface area contributed by atoms with Gasteiger partial charge in [0.25, 0.3) is 0 Å². The first-order valence-electron chi connectivity index (χ1n) is 9.63. The van der Waals surface area contributed by atoms with Crippen LogP contribution in [0.3, 0.4) is 0 Å². The van der Waals surface area contributed by atoms with Crippen molar-refractivity contribution in [2.45, 2.75) is 40.8 Å². The van der Waals surface area contributed by atoms with Crippen LogP contribution in [0.2, 0.25) is 0 Å². The van der Waals surface area contributed by atoms with Gasteiger partial charge in [0.2, 0.25) is 0 Å². The van der Waals surface area contributed by atoms with Crippen molar-refractivity contribution in [2.24, 2.45) is 5.41 Å². The second-order valence-electron chi connectivity index (χ2n) is 8.21. The summed E-state index contributed by atoms with van der Waals surface area (Å²) in [6.07, 6.45) is 8.68. The second-order valence-corrected chi connectivity index (χ2v) is 8.21. The Labute approximate surface area is 165 Å². The molecule has 2 nitrogen and oxygen atoms in total. The van der Waals surface area contributed by atoms with Crippen LogP contribution in [0, 0.1) is 12.3 Å². The molecule has 27 heavy (non-hydrogen) atoms. The van der Waals surface area contributed by atoms with E-state index in [1.54, 1.807) is 0 Å². The fraction of sp³-hybridized carbons (Fsp3) is 0.360. The average molecular weight is 364 g/mol.